The van der Waals surface area contributed by atoms with Gasteiger partial charge >= 0.3 is 0 Å². The predicted octanol–water partition coefficient (Wildman–Crippen LogP) is 1.52. The molecule has 0 saturated heterocycles. The second kappa shape index (κ2) is 6.28. The quantitative estimate of drug-likeness (QED) is 0.851. The van der Waals surface area contributed by atoms with Crippen molar-refractivity contribution in [1.29, 1.82) is 0 Å². The van der Waals surface area contributed by atoms with E-state index in [1.54, 1.807) is 26.0 Å². The van der Waals surface area contributed by atoms with Gasteiger partial charge in [0.25, 0.3) is 0 Å². The minimum absolute atomic E-state index is 0.00812. The number of hydrogen-bond donors (Lipinski definition) is 0. The van der Waals surface area contributed by atoms with Crippen LogP contribution in [0.3, 0.4) is 0 Å². The molecule has 23 heavy (non-hydrogen) atoms. The van der Waals surface area contributed by atoms with Gasteiger partial charge in [-0.1, -0.05) is 5.16 Å². The Labute approximate surface area is 134 Å². The molecule has 7 heteroatoms. The molecular weight excluding hydrogens is 298 g/mol. The van der Waals surface area contributed by atoms with Gasteiger partial charge in [0.2, 0.25) is 11.8 Å². The maximum Gasteiger partial charge on any atom is 0.230 e. The highest BCUT2D eigenvalue weighted by molar-refractivity contribution is 5.78. The summed E-state index contributed by atoms with van der Waals surface area (Å²) in [6.07, 6.45) is 0.937. The van der Waals surface area contributed by atoms with E-state index in [1.165, 1.54) is 5.56 Å². The van der Waals surface area contributed by atoms with E-state index in [2.05, 4.69) is 10.1 Å². The van der Waals surface area contributed by atoms with E-state index in [0.717, 1.165) is 12.0 Å². The Hall–Kier alpha value is -2.57. The third kappa shape index (κ3) is 3.13. The maximum absolute atomic E-state index is 12.4. The molecule has 1 aliphatic heterocycles. The second-order valence-corrected chi connectivity index (χ2v) is 5.45. The van der Waals surface area contributed by atoms with Crippen molar-refractivity contribution >= 4 is 5.91 Å². The van der Waals surface area contributed by atoms with Crippen LogP contribution in [0.2, 0.25) is 0 Å². The highest BCUT2D eigenvalue weighted by atomic mass is 16.5. The molecular formula is C16H19N3O4. The molecule has 0 fully saturated rings. The smallest absolute Gasteiger partial charge is 0.230 e. The number of rotatable bonds is 4. The SMILES string of the molecule is COc1cc2c(cc1OC)CN(C(=O)Cc1noc(C)n1)CC2. The summed E-state index contributed by atoms with van der Waals surface area (Å²) in [6, 6.07) is 3.92. The van der Waals surface area contributed by atoms with Crippen LogP contribution in [0.1, 0.15) is 22.8 Å². The van der Waals surface area contributed by atoms with Gasteiger partial charge < -0.3 is 18.9 Å². The lowest BCUT2D eigenvalue weighted by Crippen LogP contribution is -2.37. The standard InChI is InChI=1S/C16H19N3O4/c1-10-17-15(18-23-10)8-16(20)19-5-4-11-6-13(21-2)14(22-3)7-12(11)9-19/h6-7H,4-5,8-9H2,1-3H3. The van der Waals surface area contributed by atoms with Gasteiger partial charge in [-0.2, -0.15) is 4.98 Å². The Balaban J connectivity index is 1.75. The first-order valence-corrected chi connectivity index (χ1v) is 7.41. The number of aryl methyl sites for hydroxylation is 1. The zero-order valence-electron chi connectivity index (χ0n) is 13.5. The fourth-order valence-electron chi connectivity index (χ4n) is 2.76. The molecule has 2 aromatic rings. The molecule has 0 N–H and O–H groups in total. The number of amides is 1. The molecule has 2 heterocycles. The van der Waals surface area contributed by atoms with Crippen molar-refractivity contribution in [3.8, 4) is 11.5 Å². The topological polar surface area (TPSA) is 77.7 Å². The lowest BCUT2D eigenvalue weighted by molar-refractivity contribution is -0.131. The second-order valence-electron chi connectivity index (χ2n) is 5.45. The molecule has 0 saturated carbocycles. The molecule has 0 radical (unpaired) electrons. The highest BCUT2D eigenvalue weighted by Gasteiger charge is 2.24. The Morgan fingerprint density at radius 3 is 2.57 bits per heavy atom. The largest absolute Gasteiger partial charge is 0.493 e. The Morgan fingerprint density at radius 1 is 1.26 bits per heavy atom. The summed E-state index contributed by atoms with van der Waals surface area (Å²) in [5.41, 5.74) is 2.26. The normalized spacial score (nSPS) is 13.6. The average Bonchev–Trinajstić information content (AvgIpc) is 2.97. The number of benzene rings is 1. The van der Waals surface area contributed by atoms with Crippen molar-refractivity contribution in [2.24, 2.45) is 0 Å². The minimum Gasteiger partial charge on any atom is -0.493 e. The van der Waals surface area contributed by atoms with Crippen LogP contribution in [0.15, 0.2) is 16.7 Å². The number of aromatic nitrogens is 2. The van der Waals surface area contributed by atoms with Crippen molar-refractivity contribution in [2.45, 2.75) is 26.3 Å². The number of fused-ring (bicyclic) bond motifs is 1. The fraction of sp³-hybridized carbons (Fsp3) is 0.438. The van der Waals surface area contributed by atoms with Crippen LogP contribution in [-0.4, -0.2) is 41.7 Å². The molecule has 0 spiro atoms. The van der Waals surface area contributed by atoms with Gasteiger partial charge in [0.05, 0.1) is 20.6 Å². The van der Waals surface area contributed by atoms with E-state index in [4.69, 9.17) is 14.0 Å². The van der Waals surface area contributed by atoms with Gasteiger partial charge in [0, 0.05) is 20.0 Å². The number of hydrogen-bond acceptors (Lipinski definition) is 6. The minimum atomic E-state index is -0.00812. The van der Waals surface area contributed by atoms with Crippen molar-refractivity contribution < 1.29 is 18.8 Å². The molecule has 1 aromatic heterocycles. The first-order valence-electron chi connectivity index (χ1n) is 7.41. The monoisotopic (exact) mass is 317 g/mol. The van der Waals surface area contributed by atoms with Crippen LogP contribution in [0.5, 0.6) is 11.5 Å². The van der Waals surface area contributed by atoms with E-state index in [9.17, 15) is 4.79 Å². The lowest BCUT2D eigenvalue weighted by Gasteiger charge is -2.29. The fourth-order valence-corrected chi connectivity index (χ4v) is 2.76. The first-order chi connectivity index (χ1) is 11.1. The number of nitrogens with zero attached hydrogens (tertiary/aromatic N) is 3. The summed E-state index contributed by atoms with van der Waals surface area (Å²) in [6.45, 7) is 2.92. The van der Waals surface area contributed by atoms with Crippen molar-refractivity contribution in [1.82, 2.24) is 15.0 Å². The summed E-state index contributed by atoms with van der Waals surface area (Å²) in [7, 11) is 3.23. The molecule has 0 atom stereocenters. The number of carbonyl (C=O) groups is 1. The van der Waals surface area contributed by atoms with Crippen molar-refractivity contribution in [3.05, 3.63) is 35.0 Å². The van der Waals surface area contributed by atoms with Gasteiger partial charge in [-0.25, -0.2) is 0 Å². The lowest BCUT2D eigenvalue weighted by atomic mass is 9.98. The Kier molecular flexibility index (Phi) is 4.18. The molecule has 1 aromatic carbocycles. The zero-order chi connectivity index (χ0) is 16.4. The van der Waals surface area contributed by atoms with Crippen LogP contribution in [0.25, 0.3) is 0 Å². The van der Waals surface area contributed by atoms with E-state index < -0.39 is 0 Å². The molecule has 7 nitrogen and oxygen atoms in total. The van der Waals surface area contributed by atoms with Gasteiger partial charge in [0.15, 0.2) is 17.3 Å². The van der Waals surface area contributed by atoms with E-state index in [1.807, 2.05) is 12.1 Å². The number of carbonyl (C=O) groups excluding carboxylic acids is 1. The molecule has 0 bridgehead atoms. The van der Waals surface area contributed by atoms with Gasteiger partial charge in [-0.3, -0.25) is 4.79 Å². The van der Waals surface area contributed by atoms with Gasteiger partial charge in [-0.15, -0.1) is 0 Å². The molecule has 1 amide bonds. The van der Waals surface area contributed by atoms with Crippen LogP contribution in [0.4, 0.5) is 0 Å². The Bertz CT molecular complexity index is 726. The third-order valence-corrected chi connectivity index (χ3v) is 3.95. The van der Waals surface area contributed by atoms with Crippen LogP contribution in [0, 0.1) is 6.92 Å². The average molecular weight is 317 g/mol. The van der Waals surface area contributed by atoms with Crippen molar-refractivity contribution in [2.75, 3.05) is 20.8 Å². The molecule has 0 aliphatic carbocycles. The zero-order valence-corrected chi connectivity index (χ0v) is 13.5. The van der Waals surface area contributed by atoms with E-state index in [-0.39, 0.29) is 12.3 Å². The molecule has 1 aliphatic rings. The summed E-state index contributed by atoms with van der Waals surface area (Å²) < 4.78 is 15.6. The number of ether oxygens (including phenoxy) is 2. The van der Waals surface area contributed by atoms with Gasteiger partial charge in [0.1, 0.15) is 0 Å². The van der Waals surface area contributed by atoms with Crippen molar-refractivity contribution in [3.63, 3.8) is 0 Å². The summed E-state index contributed by atoms with van der Waals surface area (Å²) in [5, 5.41) is 3.77. The molecule has 122 valence electrons. The maximum atomic E-state index is 12.4. The Morgan fingerprint density at radius 2 is 1.96 bits per heavy atom. The predicted molar refractivity (Wildman–Crippen MR) is 81.4 cm³/mol. The first kappa shape index (κ1) is 15.3. The summed E-state index contributed by atoms with van der Waals surface area (Å²) in [5.74, 6) is 2.27. The third-order valence-electron chi connectivity index (χ3n) is 3.95. The van der Waals surface area contributed by atoms with E-state index in [0.29, 0.717) is 36.3 Å². The van der Waals surface area contributed by atoms with E-state index >= 15 is 0 Å². The van der Waals surface area contributed by atoms with Crippen LogP contribution < -0.4 is 9.47 Å². The molecule has 0 unspecified atom stereocenters. The summed E-state index contributed by atoms with van der Waals surface area (Å²) in [4.78, 5) is 18.3. The van der Waals surface area contributed by atoms with Crippen LogP contribution in [-0.2, 0) is 24.2 Å². The van der Waals surface area contributed by atoms with Crippen LogP contribution >= 0.6 is 0 Å². The summed E-state index contributed by atoms with van der Waals surface area (Å²) >= 11 is 0. The van der Waals surface area contributed by atoms with Gasteiger partial charge in [-0.05, 0) is 29.7 Å². The number of methoxy groups -OCH3 is 2. The highest BCUT2D eigenvalue weighted by Crippen LogP contribution is 2.33. The molecule has 3 rings (SSSR count).